The Labute approximate surface area is 157 Å². The fraction of sp³-hybridized carbons (Fsp3) is 0.250. The molecule has 1 aliphatic heterocycles. The van der Waals surface area contributed by atoms with Crippen LogP contribution in [0, 0.1) is 0 Å². The molecule has 3 aromatic rings. The van der Waals surface area contributed by atoms with Crippen LogP contribution in [-0.4, -0.2) is 32.8 Å². The van der Waals surface area contributed by atoms with E-state index in [0.29, 0.717) is 19.0 Å². The second-order valence-corrected chi connectivity index (χ2v) is 6.52. The van der Waals surface area contributed by atoms with E-state index in [-0.39, 0.29) is 12.1 Å². The van der Waals surface area contributed by atoms with Gasteiger partial charge in [0.1, 0.15) is 0 Å². The van der Waals surface area contributed by atoms with Crippen molar-refractivity contribution in [2.75, 3.05) is 7.11 Å². The van der Waals surface area contributed by atoms with Gasteiger partial charge in [0.05, 0.1) is 43.8 Å². The lowest BCUT2D eigenvalue weighted by atomic mass is 10.1. The first-order chi connectivity index (χ1) is 13.2. The van der Waals surface area contributed by atoms with E-state index in [4.69, 9.17) is 4.74 Å². The normalized spacial score (nSPS) is 13.9. The number of hydrogen-bond donors (Lipinski definition) is 1. The van der Waals surface area contributed by atoms with Gasteiger partial charge in [-0.1, -0.05) is 18.2 Å². The fourth-order valence-corrected chi connectivity index (χ4v) is 3.25. The molecule has 0 spiro atoms. The molecule has 1 N–H and O–H groups in total. The van der Waals surface area contributed by atoms with Crippen molar-refractivity contribution in [3.8, 4) is 11.6 Å². The molecule has 0 saturated carbocycles. The van der Waals surface area contributed by atoms with Crippen molar-refractivity contribution in [3.05, 3.63) is 71.7 Å². The molecule has 0 fully saturated rings. The lowest BCUT2D eigenvalue weighted by Gasteiger charge is -2.21. The van der Waals surface area contributed by atoms with Gasteiger partial charge in [-0.3, -0.25) is 0 Å². The number of carbonyl (C=O) groups is 1. The Morgan fingerprint density at radius 1 is 1.22 bits per heavy atom. The molecular formula is C20H21N5O2. The number of amides is 2. The zero-order chi connectivity index (χ0) is 18.8. The smallest absolute Gasteiger partial charge is 0.318 e. The third-order valence-corrected chi connectivity index (χ3v) is 4.75. The van der Waals surface area contributed by atoms with Crippen molar-refractivity contribution in [1.82, 2.24) is 25.0 Å². The second kappa shape index (κ2) is 7.11. The summed E-state index contributed by atoms with van der Waals surface area (Å²) >= 11 is 0. The third kappa shape index (κ3) is 3.36. The summed E-state index contributed by atoms with van der Waals surface area (Å²) in [5.41, 5.74) is 4.07. The Bertz CT molecular complexity index is 954. The number of ether oxygens (including phenoxy) is 1. The summed E-state index contributed by atoms with van der Waals surface area (Å²) in [6, 6.07) is 13.4. The molecule has 2 amide bonds. The van der Waals surface area contributed by atoms with Crippen LogP contribution in [0.5, 0.6) is 5.88 Å². The minimum atomic E-state index is -0.149. The minimum Gasteiger partial charge on any atom is -0.481 e. The van der Waals surface area contributed by atoms with Crippen LogP contribution in [0.15, 0.2) is 54.9 Å². The van der Waals surface area contributed by atoms with Gasteiger partial charge in [0.15, 0.2) is 0 Å². The first kappa shape index (κ1) is 17.1. The molecule has 7 nitrogen and oxygen atoms in total. The van der Waals surface area contributed by atoms with E-state index < -0.39 is 0 Å². The number of fused-ring (bicyclic) bond motifs is 1. The SMILES string of the molecule is COc1cc(C(C)NC(=O)N2Cc3cnn(-c4ccccc4)c3C2)ccn1. The molecule has 0 saturated heterocycles. The molecule has 7 heteroatoms. The summed E-state index contributed by atoms with van der Waals surface area (Å²) in [6.45, 7) is 3.03. The van der Waals surface area contributed by atoms with Gasteiger partial charge in [-0.2, -0.15) is 5.10 Å². The third-order valence-electron chi connectivity index (χ3n) is 4.75. The average Bonchev–Trinajstić information content (AvgIpc) is 3.29. The van der Waals surface area contributed by atoms with Gasteiger partial charge in [-0.15, -0.1) is 0 Å². The number of benzene rings is 1. The number of hydrogen-bond acceptors (Lipinski definition) is 4. The second-order valence-electron chi connectivity index (χ2n) is 6.52. The number of pyridine rings is 1. The van der Waals surface area contributed by atoms with Crippen LogP contribution in [0.25, 0.3) is 5.69 Å². The van der Waals surface area contributed by atoms with Gasteiger partial charge in [0, 0.05) is 17.8 Å². The van der Waals surface area contributed by atoms with E-state index in [2.05, 4.69) is 15.4 Å². The molecule has 138 valence electrons. The Balaban J connectivity index is 1.45. The van der Waals surface area contributed by atoms with Crippen LogP contribution in [0.1, 0.15) is 29.8 Å². The highest BCUT2D eigenvalue weighted by Crippen LogP contribution is 2.25. The highest BCUT2D eigenvalue weighted by molar-refractivity contribution is 5.75. The summed E-state index contributed by atoms with van der Waals surface area (Å²) in [4.78, 5) is 18.6. The number of carbonyl (C=O) groups excluding carboxylic acids is 1. The zero-order valence-corrected chi connectivity index (χ0v) is 15.3. The molecule has 1 unspecified atom stereocenters. The van der Waals surface area contributed by atoms with Crippen LogP contribution in [0.2, 0.25) is 0 Å². The maximum Gasteiger partial charge on any atom is 0.318 e. The standard InChI is InChI=1S/C20H21N5O2/c1-14(15-8-9-21-19(10-15)27-2)23-20(26)24-12-16-11-22-25(18(16)13-24)17-6-4-3-5-7-17/h3-11,14H,12-13H2,1-2H3,(H,23,26). The Hall–Kier alpha value is -3.35. The Kier molecular flexibility index (Phi) is 4.50. The van der Waals surface area contributed by atoms with Crippen molar-refractivity contribution in [2.24, 2.45) is 0 Å². The van der Waals surface area contributed by atoms with Crippen molar-refractivity contribution in [1.29, 1.82) is 0 Å². The van der Waals surface area contributed by atoms with E-state index >= 15 is 0 Å². The number of rotatable bonds is 4. The molecule has 1 aliphatic rings. The molecular weight excluding hydrogens is 342 g/mol. The molecule has 2 aromatic heterocycles. The lowest BCUT2D eigenvalue weighted by molar-refractivity contribution is 0.194. The summed E-state index contributed by atoms with van der Waals surface area (Å²) in [7, 11) is 1.58. The number of urea groups is 1. The molecule has 1 aromatic carbocycles. The van der Waals surface area contributed by atoms with E-state index in [1.54, 1.807) is 18.2 Å². The van der Waals surface area contributed by atoms with Gasteiger partial charge in [-0.25, -0.2) is 14.5 Å². The molecule has 27 heavy (non-hydrogen) atoms. The first-order valence-corrected chi connectivity index (χ1v) is 8.82. The molecule has 4 rings (SSSR count). The van der Waals surface area contributed by atoms with E-state index in [9.17, 15) is 4.79 Å². The van der Waals surface area contributed by atoms with Gasteiger partial charge >= 0.3 is 6.03 Å². The van der Waals surface area contributed by atoms with E-state index in [1.165, 1.54) is 0 Å². The minimum absolute atomic E-state index is 0.103. The van der Waals surface area contributed by atoms with Crippen LogP contribution in [0.3, 0.4) is 0 Å². The molecule has 0 radical (unpaired) electrons. The summed E-state index contributed by atoms with van der Waals surface area (Å²) in [6.07, 6.45) is 3.52. The van der Waals surface area contributed by atoms with Crippen LogP contribution < -0.4 is 10.1 Å². The van der Waals surface area contributed by atoms with Crippen molar-refractivity contribution in [3.63, 3.8) is 0 Å². The summed E-state index contributed by atoms with van der Waals surface area (Å²) in [5.74, 6) is 0.533. The maximum absolute atomic E-state index is 12.7. The quantitative estimate of drug-likeness (QED) is 0.773. The van der Waals surface area contributed by atoms with Crippen molar-refractivity contribution < 1.29 is 9.53 Å². The molecule has 3 heterocycles. The number of methoxy groups -OCH3 is 1. The highest BCUT2D eigenvalue weighted by Gasteiger charge is 2.28. The van der Waals surface area contributed by atoms with Gasteiger partial charge in [0.25, 0.3) is 0 Å². The van der Waals surface area contributed by atoms with Gasteiger partial charge < -0.3 is 15.0 Å². The Morgan fingerprint density at radius 2 is 2.04 bits per heavy atom. The largest absolute Gasteiger partial charge is 0.481 e. The number of aromatic nitrogens is 3. The monoisotopic (exact) mass is 363 g/mol. The molecule has 1 atom stereocenters. The molecule has 0 bridgehead atoms. The van der Waals surface area contributed by atoms with Crippen molar-refractivity contribution in [2.45, 2.75) is 26.1 Å². The van der Waals surface area contributed by atoms with Crippen LogP contribution >= 0.6 is 0 Å². The van der Waals surface area contributed by atoms with Crippen molar-refractivity contribution >= 4 is 6.03 Å². The number of nitrogens with zero attached hydrogens (tertiary/aromatic N) is 4. The number of para-hydroxylation sites is 1. The summed E-state index contributed by atoms with van der Waals surface area (Å²) in [5, 5.41) is 7.51. The van der Waals surface area contributed by atoms with E-state index in [0.717, 1.165) is 22.5 Å². The Morgan fingerprint density at radius 3 is 2.81 bits per heavy atom. The van der Waals surface area contributed by atoms with E-state index in [1.807, 2.05) is 60.3 Å². The van der Waals surface area contributed by atoms with Gasteiger partial charge in [0.2, 0.25) is 5.88 Å². The van der Waals surface area contributed by atoms with Gasteiger partial charge in [-0.05, 0) is 30.7 Å². The van der Waals surface area contributed by atoms with Crippen LogP contribution in [0.4, 0.5) is 4.79 Å². The topological polar surface area (TPSA) is 72.3 Å². The maximum atomic E-state index is 12.7. The predicted molar refractivity (Wildman–Crippen MR) is 101 cm³/mol. The fourth-order valence-electron chi connectivity index (χ4n) is 3.25. The lowest BCUT2D eigenvalue weighted by Crippen LogP contribution is -2.38. The zero-order valence-electron chi connectivity index (χ0n) is 15.3. The highest BCUT2D eigenvalue weighted by atomic mass is 16.5. The molecule has 0 aliphatic carbocycles. The van der Waals surface area contributed by atoms with Crippen LogP contribution in [-0.2, 0) is 13.1 Å². The summed E-state index contributed by atoms with van der Waals surface area (Å²) < 4.78 is 7.06. The number of nitrogens with one attached hydrogen (secondary N) is 1. The predicted octanol–water partition coefficient (Wildman–Crippen LogP) is 3.06. The first-order valence-electron chi connectivity index (χ1n) is 8.82. The average molecular weight is 363 g/mol.